The van der Waals surface area contributed by atoms with Crippen molar-refractivity contribution < 1.29 is 4.74 Å². The van der Waals surface area contributed by atoms with Gasteiger partial charge in [0.2, 0.25) is 0 Å². The van der Waals surface area contributed by atoms with Crippen molar-refractivity contribution in [2.45, 2.75) is 5.41 Å². The highest BCUT2D eigenvalue weighted by Gasteiger charge is 2.51. The van der Waals surface area contributed by atoms with Crippen molar-refractivity contribution in [3.05, 3.63) is 186 Å². The molecule has 0 atom stereocenters. The molecule has 0 fully saturated rings. The Morgan fingerprint density at radius 3 is 1.88 bits per heavy atom. The van der Waals surface area contributed by atoms with Crippen LogP contribution in [0.15, 0.2) is 164 Å². The highest BCUT2D eigenvalue weighted by molar-refractivity contribution is 6.13. The molecule has 9 aromatic rings. The second-order valence-corrected chi connectivity index (χ2v) is 12.9. The van der Waals surface area contributed by atoms with Crippen molar-refractivity contribution in [2.24, 2.45) is 0 Å². The van der Waals surface area contributed by atoms with Crippen LogP contribution in [-0.2, 0) is 5.41 Å². The summed E-state index contributed by atoms with van der Waals surface area (Å²) in [5.41, 5.74) is 10.9. The SMILES string of the molecule is c1ccc(-c2nc(-n3c4ccccc4c4cc5c(cc43)C3(c4ccccc4Oc4ccccc43)c3ccccc3-5)c3ccccc3n2)cc1. The van der Waals surface area contributed by atoms with E-state index >= 15 is 0 Å². The van der Waals surface area contributed by atoms with Gasteiger partial charge >= 0.3 is 0 Å². The summed E-state index contributed by atoms with van der Waals surface area (Å²) in [5.74, 6) is 3.35. The van der Waals surface area contributed by atoms with Crippen LogP contribution in [-0.4, -0.2) is 14.5 Å². The molecule has 11 rings (SSSR count). The molecule has 2 aliphatic rings. The van der Waals surface area contributed by atoms with Crippen LogP contribution in [0.25, 0.3) is 61.0 Å². The first-order chi connectivity index (χ1) is 24.3. The molecule has 0 radical (unpaired) electrons. The minimum Gasteiger partial charge on any atom is -0.457 e. The lowest BCUT2D eigenvalue weighted by molar-refractivity contribution is 0.436. The predicted molar refractivity (Wildman–Crippen MR) is 197 cm³/mol. The Morgan fingerprint density at radius 2 is 1.08 bits per heavy atom. The number of nitrogens with zero attached hydrogens (tertiary/aromatic N) is 3. The van der Waals surface area contributed by atoms with Gasteiger partial charge in [-0.05, 0) is 64.7 Å². The first-order valence-corrected chi connectivity index (χ1v) is 16.7. The van der Waals surface area contributed by atoms with Gasteiger partial charge in [-0.25, -0.2) is 9.97 Å². The third-order valence-corrected chi connectivity index (χ3v) is 10.5. The lowest BCUT2D eigenvalue weighted by Gasteiger charge is -2.39. The van der Waals surface area contributed by atoms with Crippen LogP contribution in [0.3, 0.4) is 0 Å². The van der Waals surface area contributed by atoms with Crippen LogP contribution in [0.5, 0.6) is 11.5 Å². The number of hydrogen-bond acceptors (Lipinski definition) is 3. The highest BCUT2D eigenvalue weighted by atomic mass is 16.5. The molecule has 0 bridgehead atoms. The summed E-state index contributed by atoms with van der Waals surface area (Å²) in [6.07, 6.45) is 0. The lowest BCUT2D eigenvalue weighted by atomic mass is 9.66. The summed E-state index contributed by atoms with van der Waals surface area (Å²) >= 11 is 0. The van der Waals surface area contributed by atoms with E-state index in [-0.39, 0.29) is 0 Å². The van der Waals surface area contributed by atoms with Gasteiger partial charge in [-0.1, -0.05) is 121 Å². The largest absolute Gasteiger partial charge is 0.457 e. The van der Waals surface area contributed by atoms with Gasteiger partial charge in [0.1, 0.15) is 17.3 Å². The van der Waals surface area contributed by atoms with Crippen molar-refractivity contribution in [2.75, 3.05) is 0 Å². The van der Waals surface area contributed by atoms with Crippen molar-refractivity contribution in [1.29, 1.82) is 0 Å². The van der Waals surface area contributed by atoms with E-state index in [1.165, 1.54) is 33.0 Å². The molecule has 0 saturated heterocycles. The fourth-order valence-corrected chi connectivity index (χ4v) is 8.49. The van der Waals surface area contributed by atoms with Gasteiger partial charge in [-0.2, -0.15) is 0 Å². The molecule has 3 heterocycles. The smallest absolute Gasteiger partial charge is 0.162 e. The number of fused-ring (bicyclic) bond motifs is 13. The Kier molecular flexibility index (Phi) is 5.28. The van der Waals surface area contributed by atoms with Crippen LogP contribution in [0.1, 0.15) is 22.3 Å². The summed E-state index contributed by atoms with van der Waals surface area (Å²) < 4.78 is 8.96. The number of para-hydroxylation sites is 4. The van der Waals surface area contributed by atoms with Crippen molar-refractivity contribution in [1.82, 2.24) is 14.5 Å². The Bertz CT molecular complexity index is 2770. The summed E-state index contributed by atoms with van der Waals surface area (Å²) in [5, 5.41) is 3.39. The van der Waals surface area contributed by atoms with Gasteiger partial charge < -0.3 is 4.74 Å². The van der Waals surface area contributed by atoms with Crippen molar-refractivity contribution in [3.8, 4) is 39.8 Å². The second kappa shape index (κ2) is 9.75. The quantitative estimate of drug-likeness (QED) is 0.192. The molecule has 228 valence electrons. The third kappa shape index (κ3) is 3.47. The van der Waals surface area contributed by atoms with E-state index in [9.17, 15) is 0 Å². The van der Waals surface area contributed by atoms with Crippen LogP contribution in [0.2, 0.25) is 0 Å². The maximum absolute atomic E-state index is 6.60. The van der Waals surface area contributed by atoms with Gasteiger partial charge in [-0.3, -0.25) is 4.57 Å². The topological polar surface area (TPSA) is 39.9 Å². The number of hydrogen-bond donors (Lipinski definition) is 0. The second-order valence-electron chi connectivity index (χ2n) is 12.9. The zero-order chi connectivity index (χ0) is 32.1. The molecule has 0 saturated carbocycles. The van der Waals surface area contributed by atoms with Gasteiger partial charge in [0.25, 0.3) is 0 Å². The molecule has 1 aliphatic heterocycles. The summed E-state index contributed by atoms with van der Waals surface area (Å²) in [6, 6.07) is 58.1. The molecular formula is C45H27N3O. The normalized spacial score (nSPS) is 13.6. The first kappa shape index (κ1) is 26.5. The maximum atomic E-state index is 6.60. The van der Waals surface area contributed by atoms with E-state index in [2.05, 4.69) is 144 Å². The van der Waals surface area contributed by atoms with Gasteiger partial charge in [0, 0.05) is 32.8 Å². The van der Waals surface area contributed by atoms with Gasteiger partial charge in [0.05, 0.1) is 22.0 Å². The Balaban J connectivity index is 1.31. The molecule has 1 spiro atoms. The summed E-state index contributed by atoms with van der Waals surface area (Å²) in [4.78, 5) is 10.4. The highest BCUT2D eigenvalue weighted by Crippen LogP contribution is 2.62. The van der Waals surface area contributed by atoms with Crippen molar-refractivity contribution in [3.63, 3.8) is 0 Å². The average Bonchev–Trinajstić information content (AvgIpc) is 3.64. The zero-order valence-corrected chi connectivity index (χ0v) is 26.3. The number of rotatable bonds is 2. The molecule has 49 heavy (non-hydrogen) atoms. The average molecular weight is 626 g/mol. The molecule has 4 nitrogen and oxygen atoms in total. The van der Waals surface area contributed by atoms with E-state index in [0.717, 1.165) is 55.9 Å². The maximum Gasteiger partial charge on any atom is 0.162 e. The van der Waals surface area contributed by atoms with Crippen molar-refractivity contribution >= 4 is 32.7 Å². The first-order valence-electron chi connectivity index (χ1n) is 16.7. The summed E-state index contributed by atoms with van der Waals surface area (Å²) in [6.45, 7) is 0. The molecule has 7 aromatic carbocycles. The van der Waals surface area contributed by atoms with Crippen LogP contribution in [0, 0.1) is 0 Å². The third-order valence-electron chi connectivity index (χ3n) is 10.5. The monoisotopic (exact) mass is 625 g/mol. The number of benzene rings is 7. The number of ether oxygens (including phenoxy) is 1. The fourth-order valence-electron chi connectivity index (χ4n) is 8.49. The Morgan fingerprint density at radius 1 is 0.449 bits per heavy atom. The van der Waals surface area contributed by atoms with E-state index in [1.807, 2.05) is 24.3 Å². The van der Waals surface area contributed by atoms with Gasteiger partial charge in [-0.15, -0.1) is 0 Å². The van der Waals surface area contributed by atoms with E-state index in [4.69, 9.17) is 14.7 Å². The fraction of sp³-hybridized carbons (Fsp3) is 0.0222. The minimum absolute atomic E-state index is 0.560. The summed E-state index contributed by atoms with van der Waals surface area (Å²) in [7, 11) is 0. The predicted octanol–water partition coefficient (Wildman–Crippen LogP) is 10.9. The standard InChI is InChI=1S/C45H27N3O/c1-2-14-28(15-3-1)43-46-38-22-10-5-18-31(38)44(47-43)48-39-23-11-6-17-30(39)33-26-32-29-16-4-7-19-34(29)45(37(32)27-40(33)48)35-20-8-12-24-41(35)49-42-25-13-9-21-36(42)45/h1-27H. The number of aromatic nitrogens is 3. The zero-order valence-electron chi connectivity index (χ0n) is 26.3. The lowest BCUT2D eigenvalue weighted by Crippen LogP contribution is -2.32. The molecule has 0 N–H and O–H groups in total. The van der Waals surface area contributed by atoms with Gasteiger partial charge in [0.15, 0.2) is 5.82 Å². The molecule has 1 aliphatic carbocycles. The van der Waals surface area contributed by atoms with E-state index in [1.54, 1.807) is 0 Å². The Labute approximate surface area is 282 Å². The Hall–Kier alpha value is -6.52. The molecule has 4 heteroatoms. The minimum atomic E-state index is -0.560. The van der Waals surface area contributed by atoms with E-state index < -0.39 is 5.41 Å². The molecule has 2 aromatic heterocycles. The van der Waals surface area contributed by atoms with Crippen LogP contribution >= 0.6 is 0 Å². The molecule has 0 unspecified atom stereocenters. The van der Waals surface area contributed by atoms with Crippen LogP contribution in [0.4, 0.5) is 0 Å². The van der Waals surface area contributed by atoms with E-state index in [0.29, 0.717) is 5.82 Å². The molecular weight excluding hydrogens is 599 g/mol. The molecule has 0 amide bonds. The van der Waals surface area contributed by atoms with Crippen LogP contribution < -0.4 is 4.74 Å².